The molecule has 5 heteroatoms. The van der Waals surface area contributed by atoms with E-state index in [9.17, 15) is 0 Å². The molecule has 0 heterocycles. The fourth-order valence-corrected chi connectivity index (χ4v) is 1.44. The number of rotatable bonds is 3. The van der Waals surface area contributed by atoms with Gasteiger partial charge in [-0.05, 0) is 48.6 Å². The summed E-state index contributed by atoms with van der Waals surface area (Å²) in [5.41, 5.74) is 8.47. The summed E-state index contributed by atoms with van der Waals surface area (Å²) in [5, 5.41) is 10.5. The van der Waals surface area contributed by atoms with Crippen molar-refractivity contribution in [3.05, 3.63) is 48.5 Å². The zero-order chi connectivity index (χ0) is 12.8. The lowest BCUT2D eigenvalue weighted by atomic mass is 10.3. The summed E-state index contributed by atoms with van der Waals surface area (Å²) >= 11 is 4.52. The van der Waals surface area contributed by atoms with E-state index in [1.165, 1.54) is 0 Å². The topological polar surface area (TPSA) is 63.1 Å². The number of nitrogens with two attached hydrogens (primary N) is 1. The highest BCUT2D eigenvalue weighted by Crippen LogP contribution is 2.24. The summed E-state index contributed by atoms with van der Waals surface area (Å²) in [5.74, 6) is 0. The lowest BCUT2D eigenvalue weighted by Crippen LogP contribution is -1.82. The first kappa shape index (κ1) is 12.1. The number of nitrogen functional groups attached to an aromatic ring is 1. The number of aliphatic imine (C=N–C) groups is 1. The molecule has 0 fully saturated rings. The minimum atomic E-state index is 0.600. The Morgan fingerprint density at radius 2 is 1.56 bits per heavy atom. The zero-order valence-electron chi connectivity index (χ0n) is 9.45. The molecule has 2 rings (SSSR count). The van der Waals surface area contributed by atoms with Crippen LogP contribution in [0.15, 0.2) is 63.8 Å². The van der Waals surface area contributed by atoms with Gasteiger partial charge >= 0.3 is 0 Å². The molecule has 18 heavy (non-hydrogen) atoms. The number of hydrogen-bond donors (Lipinski definition) is 1. The fourth-order valence-electron chi connectivity index (χ4n) is 1.34. The number of anilines is 1. The normalized spacial score (nSPS) is 10.2. The molecule has 0 saturated carbocycles. The molecule has 0 spiro atoms. The second-order valence-corrected chi connectivity index (χ2v) is 3.66. The Kier molecular flexibility index (Phi) is 3.91. The third-order valence-corrected chi connectivity index (χ3v) is 2.33. The van der Waals surface area contributed by atoms with E-state index in [1.807, 2.05) is 18.2 Å². The highest BCUT2D eigenvalue weighted by Gasteiger charge is 1.95. The first-order valence-electron chi connectivity index (χ1n) is 5.24. The van der Waals surface area contributed by atoms with Gasteiger partial charge in [0, 0.05) is 0 Å². The molecule has 88 valence electrons. The first-order valence-corrected chi connectivity index (χ1v) is 5.64. The molecule has 0 radical (unpaired) electrons. The predicted octanol–water partition coefficient (Wildman–Crippen LogP) is 4.42. The van der Waals surface area contributed by atoms with Crippen molar-refractivity contribution in [2.75, 3.05) is 5.73 Å². The molecule has 0 unspecified atom stereocenters. The van der Waals surface area contributed by atoms with E-state index in [0.29, 0.717) is 11.4 Å². The van der Waals surface area contributed by atoms with E-state index in [2.05, 4.69) is 32.6 Å². The van der Waals surface area contributed by atoms with E-state index in [0.717, 1.165) is 11.4 Å². The summed E-state index contributed by atoms with van der Waals surface area (Å²) in [4.78, 5) is 3.85. The van der Waals surface area contributed by atoms with Crippen molar-refractivity contribution < 1.29 is 0 Å². The number of isothiocyanates is 1. The first-order chi connectivity index (χ1) is 8.79. The quantitative estimate of drug-likeness (QED) is 0.381. The molecular formula is C13H10N4S. The van der Waals surface area contributed by atoms with E-state index in [-0.39, 0.29) is 0 Å². The summed E-state index contributed by atoms with van der Waals surface area (Å²) in [6.45, 7) is 0. The average Bonchev–Trinajstić information content (AvgIpc) is 2.40. The fraction of sp³-hybridized carbons (Fsp3) is 0. The molecule has 0 saturated heterocycles. The molecule has 0 aliphatic carbocycles. The van der Waals surface area contributed by atoms with Crippen molar-refractivity contribution in [3.63, 3.8) is 0 Å². The minimum Gasteiger partial charge on any atom is -0.397 e. The van der Waals surface area contributed by atoms with Gasteiger partial charge < -0.3 is 5.73 Å². The Morgan fingerprint density at radius 1 is 0.889 bits per heavy atom. The molecule has 0 aliphatic rings. The van der Waals surface area contributed by atoms with Crippen LogP contribution >= 0.6 is 12.2 Å². The van der Waals surface area contributed by atoms with Crippen molar-refractivity contribution in [3.8, 4) is 0 Å². The summed E-state index contributed by atoms with van der Waals surface area (Å²) in [6.07, 6.45) is 0. The third-order valence-electron chi connectivity index (χ3n) is 2.23. The third kappa shape index (κ3) is 3.07. The molecular weight excluding hydrogens is 244 g/mol. The average molecular weight is 254 g/mol. The van der Waals surface area contributed by atoms with Crippen LogP contribution in [-0.2, 0) is 0 Å². The Morgan fingerprint density at radius 3 is 2.22 bits per heavy atom. The largest absolute Gasteiger partial charge is 0.397 e. The standard InChI is InChI=1S/C13H10N4S/c14-12-3-1-2-4-13(12)17-16-11-7-5-10(6-8-11)15-9-18/h1-8H,14H2. The van der Waals surface area contributed by atoms with E-state index >= 15 is 0 Å². The van der Waals surface area contributed by atoms with Gasteiger partial charge in [-0.3, -0.25) is 0 Å². The van der Waals surface area contributed by atoms with Crippen LogP contribution < -0.4 is 5.73 Å². The highest BCUT2D eigenvalue weighted by molar-refractivity contribution is 7.78. The maximum Gasteiger partial charge on any atom is 0.109 e. The van der Waals surface area contributed by atoms with Crippen LogP contribution in [0.4, 0.5) is 22.7 Å². The van der Waals surface area contributed by atoms with Gasteiger partial charge in [0.15, 0.2) is 0 Å². The monoisotopic (exact) mass is 254 g/mol. The molecule has 4 nitrogen and oxygen atoms in total. The van der Waals surface area contributed by atoms with Crippen LogP contribution in [0, 0.1) is 0 Å². The Balaban J connectivity index is 2.19. The molecule has 0 aliphatic heterocycles. The second kappa shape index (κ2) is 5.82. The molecule has 0 aromatic heterocycles. The Labute approximate surface area is 110 Å². The van der Waals surface area contributed by atoms with Crippen molar-refractivity contribution >= 4 is 40.1 Å². The van der Waals surface area contributed by atoms with Crippen molar-refractivity contribution in [2.45, 2.75) is 0 Å². The van der Waals surface area contributed by atoms with Gasteiger partial charge in [-0.2, -0.15) is 10.1 Å². The number of thiocarbonyl (C=S) groups is 1. The van der Waals surface area contributed by atoms with Crippen LogP contribution in [0.1, 0.15) is 0 Å². The van der Waals surface area contributed by atoms with Gasteiger partial charge in [0.05, 0.1) is 22.2 Å². The van der Waals surface area contributed by atoms with Crippen LogP contribution in [0.25, 0.3) is 0 Å². The second-order valence-electron chi connectivity index (χ2n) is 3.48. The lowest BCUT2D eigenvalue weighted by Gasteiger charge is -1.97. The van der Waals surface area contributed by atoms with Crippen LogP contribution in [0.2, 0.25) is 0 Å². The summed E-state index contributed by atoms with van der Waals surface area (Å²) < 4.78 is 0. The number of azo groups is 1. The van der Waals surface area contributed by atoms with E-state index in [1.54, 1.807) is 30.3 Å². The van der Waals surface area contributed by atoms with Gasteiger partial charge in [0.2, 0.25) is 0 Å². The predicted molar refractivity (Wildman–Crippen MR) is 76.2 cm³/mol. The maximum absolute atomic E-state index is 5.76. The Hall–Kier alpha value is -2.36. The van der Waals surface area contributed by atoms with E-state index in [4.69, 9.17) is 5.73 Å². The zero-order valence-corrected chi connectivity index (χ0v) is 10.3. The highest BCUT2D eigenvalue weighted by atomic mass is 32.1. The van der Waals surface area contributed by atoms with Crippen molar-refractivity contribution in [2.24, 2.45) is 15.2 Å². The Bertz CT molecular complexity index is 613. The number of nitrogens with zero attached hydrogens (tertiary/aromatic N) is 3. The molecule has 2 aromatic carbocycles. The van der Waals surface area contributed by atoms with Gasteiger partial charge in [0.25, 0.3) is 0 Å². The molecule has 2 N–H and O–H groups in total. The number of hydrogen-bond acceptors (Lipinski definition) is 5. The van der Waals surface area contributed by atoms with Gasteiger partial charge in [-0.1, -0.05) is 12.1 Å². The molecule has 0 amide bonds. The SMILES string of the molecule is Nc1ccccc1N=Nc1ccc(N=C=S)cc1. The molecule has 2 aromatic rings. The minimum absolute atomic E-state index is 0.600. The van der Waals surface area contributed by atoms with Gasteiger partial charge in [-0.15, -0.1) is 5.11 Å². The lowest BCUT2D eigenvalue weighted by molar-refractivity contribution is 1.23. The maximum atomic E-state index is 5.76. The summed E-state index contributed by atoms with van der Waals surface area (Å²) in [6, 6.07) is 14.5. The van der Waals surface area contributed by atoms with Crippen LogP contribution in [-0.4, -0.2) is 5.16 Å². The van der Waals surface area contributed by atoms with Crippen molar-refractivity contribution in [1.82, 2.24) is 0 Å². The van der Waals surface area contributed by atoms with Gasteiger partial charge in [0.1, 0.15) is 5.69 Å². The summed E-state index contributed by atoms with van der Waals surface area (Å²) in [7, 11) is 0. The number of benzene rings is 2. The van der Waals surface area contributed by atoms with E-state index < -0.39 is 0 Å². The number of para-hydroxylation sites is 1. The smallest absolute Gasteiger partial charge is 0.109 e. The molecule has 0 bridgehead atoms. The van der Waals surface area contributed by atoms with Crippen molar-refractivity contribution in [1.29, 1.82) is 0 Å². The van der Waals surface area contributed by atoms with Crippen LogP contribution in [0.3, 0.4) is 0 Å². The van der Waals surface area contributed by atoms with Crippen LogP contribution in [0.5, 0.6) is 0 Å². The molecule has 0 atom stereocenters. The van der Waals surface area contributed by atoms with Gasteiger partial charge in [-0.25, -0.2) is 0 Å².